The highest BCUT2D eigenvalue weighted by Gasteiger charge is 2.23. The van der Waals surface area contributed by atoms with Crippen LogP contribution in [0.5, 0.6) is 0 Å². The molecule has 0 amide bonds. The van der Waals surface area contributed by atoms with Crippen LogP contribution in [0.2, 0.25) is 0 Å². The lowest BCUT2D eigenvalue weighted by molar-refractivity contribution is 0.161. The average molecular weight is 252 g/mol. The molecule has 0 radical (unpaired) electrons. The standard InChI is InChI=1S/C13H24N4O/c1-9(2)13-15-12(16-18-13)8-17-6-4-11(5-7-17)10(3)14/h9-11H,4-8,14H2,1-3H3. The van der Waals surface area contributed by atoms with E-state index in [0.29, 0.717) is 17.9 Å². The predicted octanol–water partition coefficient (Wildman–Crippen LogP) is 1.75. The van der Waals surface area contributed by atoms with Crippen molar-refractivity contribution in [1.29, 1.82) is 0 Å². The largest absolute Gasteiger partial charge is 0.339 e. The van der Waals surface area contributed by atoms with Gasteiger partial charge < -0.3 is 10.3 Å². The van der Waals surface area contributed by atoms with Crippen molar-refractivity contribution < 1.29 is 4.52 Å². The van der Waals surface area contributed by atoms with Gasteiger partial charge in [0, 0.05) is 12.0 Å². The molecule has 2 heterocycles. The van der Waals surface area contributed by atoms with Crippen molar-refractivity contribution in [2.75, 3.05) is 13.1 Å². The Kier molecular flexibility index (Phi) is 4.35. The summed E-state index contributed by atoms with van der Waals surface area (Å²) in [7, 11) is 0. The van der Waals surface area contributed by atoms with E-state index in [4.69, 9.17) is 10.3 Å². The van der Waals surface area contributed by atoms with Crippen LogP contribution in [0.15, 0.2) is 4.52 Å². The van der Waals surface area contributed by atoms with Crippen molar-refractivity contribution in [2.45, 2.75) is 52.1 Å². The molecule has 5 nitrogen and oxygen atoms in total. The molecular formula is C13H24N4O. The molecule has 1 saturated heterocycles. The molecule has 1 aliphatic heterocycles. The Labute approximate surface area is 109 Å². The van der Waals surface area contributed by atoms with Crippen LogP contribution < -0.4 is 5.73 Å². The monoisotopic (exact) mass is 252 g/mol. The number of piperidine rings is 1. The first-order valence-corrected chi connectivity index (χ1v) is 6.86. The Morgan fingerprint density at radius 1 is 1.33 bits per heavy atom. The summed E-state index contributed by atoms with van der Waals surface area (Å²) < 4.78 is 5.22. The first kappa shape index (κ1) is 13.5. The van der Waals surface area contributed by atoms with Gasteiger partial charge in [-0.2, -0.15) is 4.98 Å². The molecule has 0 spiro atoms. The van der Waals surface area contributed by atoms with Crippen LogP contribution in [0.25, 0.3) is 0 Å². The van der Waals surface area contributed by atoms with Gasteiger partial charge in [-0.25, -0.2) is 0 Å². The first-order chi connectivity index (χ1) is 8.56. The van der Waals surface area contributed by atoms with E-state index in [2.05, 4.69) is 35.8 Å². The van der Waals surface area contributed by atoms with E-state index in [1.54, 1.807) is 0 Å². The minimum absolute atomic E-state index is 0.301. The third kappa shape index (κ3) is 3.29. The number of hydrogen-bond donors (Lipinski definition) is 1. The molecule has 2 rings (SSSR count). The molecule has 1 fully saturated rings. The second-order valence-electron chi connectivity index (χ2n) is 5.68. The molecule has 1 aromatic rings. The van der Waals surface area contributed by atoms with E-state index >= 15 is 0 Å². The van der Waals surface area contributed by atoms with Crippen molar-refractivity contribution in [3.63, 3.8) is 0 Å². The Morgan fingerprint density at radius 3 is 2.50 bits per heavy atom. The average Bonchev–Trinajstić information content (AvgIpc) is 2.78. The summed E-state index contributed by atoms with van der Waals surface area (Å²) in [4.78, 5) is 6.80. The maximum Gasteiger partial charge on any atom is 0.229 e. The maximum atomic E-state index is 5.94. The molecule has 1 aromatic heterocycles. The summed E-state index contributed by atoms with van der Waals surface area (Å²) in [6.45, 7) is 9.18. The lowest BCUT2D eigenvalue weighted by atomic mass is 9.91. The van der Waals surface area contributed by atoms with Gasteiger partial charge in [0.25, 0.3) is 0 Å². The maximum absolute atomic E-state index is 5.94. The summed E-state index contributed by atoms with van der Waals surface area (Å²) in [5.41, 5.74) is 5.94. The van der Waals surface area contributed by atoms with Gasteiger partial charge in [-0.15, -0.1) is 0 Å². The molecule has 1 aliphatic rings. The topological polar surface area (TPSA) is 68.2 Å². The number of nitrogens with zero attached hydrogens (tertiary/aromatic N) is 3. The number of likely N-dealkylation sites (tertiary alicyclic amines) is 1. The van der Waals surface area contributed by atoms with Gasteiger partial charge in [-0.05, 0) is 38.8 Å². The summed E-state index contributed by atoms with van der Waals surface area (Å²) in [5.74, 6) is 2.50. The van der Waals surface area contributed by atoms with Crippen LogP contribution in [0.4, 0.5) is 0 Å². The highest BCUT2D eigenvalue weighted by molar-refractivity contribution is 4.91. The number of nitrogens with two attached hydrogens (primary N) is 1. The summed E-state index contributed by atoms with van der Waals surface area (Å²) >= 11 is 0. The van der Waals surface area contributed by atoms with Crippen LogP contribution in [0.1, 0.15) is 51.2 Å². The van der Waals surface area contributed by atoms with E-state index in [9.17, 15) is 0 Å². The van der Waals surface area contributed by atoms with Gasteiger partial charge in [0.05, 0.1) is 6.54 Å². The smallest absolute Gasteiger partial charge is 0.229 e. The molecular weight excluding hydrogens is 228 g/mol. The normalized spacial score (nSPS) is 20.5. The Bertz CT molecular complexity index is 367. The third-order valence-electron chi connectivity index (χ3n) is 3.72. The lowest BCUT2D eigenvalue weighted by Crippen LogP contribution is -2.39. The Hall–Kier alpha value is -0.940. The fourth-order valence-electron chi connectivity index (χ4n) is 2.40. The molecule has 1 unspecified atom stereocenters. The van der Waals surface area contributed by atoms with Gasteiger partial charge in [-0.3, -0.25) is 4.90 Å². The zero-order valence-corrected chi connectivity index (χ0v) is 11.6. The third-order valence-corrected chi connectivity index (χ3v) is 3.72. The fourth-order valence-corrected chi connectivity index (χ4v) is 2.40. The SMILES string of the molecule is CC(C)c1nc(CN2CCC(C(C)N)CC2)no1. The van der Waals surface area contributed by atoms with E-state index in [1.165, 1.54) is 12.8 Å². The molecule has 18 heavy (non-hydrogen) atoms. The highest BCUT2D eigenvalue weighted by Crippen LogP contribution is 2.20. The minimum atomic E-state index is 0.301. The van der Waals surface area contributed by atoms with Crippen LogP contribution >= 0.6 is 0 Å². The molecule has 0 saturated carbocycles. The van der Waals surface area contributed by atoms with Gasteiger partial charge in [0.15, 0.2) is 5.82 Å². The molecule has 0 aromatic carbocycles. The lowest BCUT2D eigenvalue weighted by Gasteiger charge is -2.32. The quantitative estimate of drug-likeness (QED) is 0.884. The van der Waals surface area contributed by atoms with Gasteiger partial charge in [0.2, 0.25) is 5.89 Å². The van der Waals surface area contributed by atoms with Crippen LogP contribution in [-0.4, -0.2) is 34.2 Å². The molecule has 1 atom stereocenters. The van der Waals surface area contributed by atoms with Gasteiger partial charge in [-0.1, -0.05) is 19.0 Å². The minimum Gasteiger partial charge on any atom is -0.339 e. The second-order valence-corrected chi connectivity index (χ2v) is 5.68. The summed E-state index contributed by atoms with van der Waals surface area (Å²) in [6, 6.07) is 0.310. The second kappa shape index (κ2) is 5.80. The number of rotatable bonds is 4. The molecule has 0 bridgehead atoms. The van der Waals surface area contributed by atoms with E-state index < -0.39 is 0 Å². The number of aromatic nitrogens is 2. The van der Waals surface area contributed by atoms with Crippen molar-refractivity contribution >= 4 is 0 Å². The summed E-state index contributed by atoms with van der Waals surface area (Å²) in [6.07, 6.45) is 2.35. The van der Waals surface area contributed by atoms with E-state index in [-0.39, 0.29) is 0 Å². The molecule has 2 N–H and O–H groups in total. The van der Waals surface area contributed by atoms with E-state index in [1.807, 2.05) is 0 Å². The first-order valence-electron chi connectivity index (χ1n) is 6.86. The Balaban J connectivity index is 1.84. The van der Waals surface area contributed by atoms with Crippen LogP contribution in [0, 0.1) is 5.92 Å². The predicted molar refractivity (Wildman–Crippen MR) is 70.0 cm³/mol. The molecule has 0 aliphatic carbocycles. The van der Waals surface area contributed by atoms with Crippen molar-refractivity contribution in [1.82, 2.24) is 15.0 Å². The van der Waals surface area contributed by atoms with Crippen LogP contribution in [-0.2, 0) is 6.54 Å². The molecule has 5 heteroatoms. The highest BCUT2D eigenvalue weighted by atomic mass is 16.5. The van der Waals surface area contributed by atoms with Gasteiger partial charge in [0.1, 0.15) is 0 Å². The zero-order valence-electron chi connectivity index (χ0n) is 11.6. The van der Waals surface area contributed by atoms with Crippen molar-refractivity contribution in [3.05, 3.63) is 11.7 Å². The molecule has 102 valence electrons. The Morgan fingerprint density at radius 2 is 2.00 bits per heavy atom. The van der Waals surface area contributed by atoms with Crippen LogP contribution in [0.3, 0.4) is 0 Å². The van der Waals surface area contributed by atoms with Gasteiger partial charge >= 0.3 is 0 Å². The zero-order chi connectivity index (χ0) is 13.1. The van der Waals surface area contributed by atoms with E-state index in [0.717, 1.165) is 31.3 Å². The number of hydrogen-bond acceptors (Lipinski definition) is 5. The van der Waals surface area contributed by atoms with Crippen molar-refractivity contribution in [2.24, 2.45) is 11.7 Å². The summed E-state index contributed by atoms with van der Waals surface area (Å²) in [5, 5.41) is 4.03. The van der Waals surface area contributed by atoms with Crippen molar-refractivity contribution in [3.8, 4) is 0 Å². The fraction of sp³-hybridized carbons (Fsp3) is 0.846.